The average Bonchev–Trinajstić information content (AvgIpc) is 2.51. The minimum absolute atomic E-state index is 0.0374. The van der Waals surface area contributed by atoms with E-state index >= 15 is 0 Å². The van der Waals surface area contributed by atoms with E-state index in [0.29, 0.717) is 31.1 Å². The number of aliphatic hydroxyl groups is 1. The SMILES string of the molecule is CSCCC(C)(O)CNS(=O)(=O)c1ccc2c(c1)OCCO2. The summed E-state index contributed by atoms with van der Waals surface area (Å²) in [6.07, 6.45) is 2.45. The van der Waals surface area contributed by atoms with Crippen LogP contribution in [0.4, 0.5) is 0 Å². The lowest BCUT2D eigenvalue weighted by atomic mass is 10.1. The Morgan fingerprint density at radius 1 is 1.32 bits per heavy atom. The minimum atomic E-state index is -3.70. The summed E-state index contributed by atoms with van der Waals surface area (Å²) >= 11 is 1.61. The van der Waals surface area contributed by atoms with Gasteiger partial charge < -0.3 is 14.6 Å². The van der Waals surface area contributed by atoms with Crippen LogP contribution in [0.5, 0.6) is 11.5 Å². The molecule has 1 atom stereocenters. The standard InChI is InChI=1S/C14H21NO5S2/c1-14(16,5-8-21-2)10-15-22(17,18)11-3-4-12-13(9-11)20-7-6-19-12/h3-4,9,15-16H,5-8,10H2,1-2H3. The molecule has 2 rings (SSSR count). The molecular formula is C14H21NO5S2. The molecule has 0 saturated carbocycles. The molecule has 8 heteroatoms. The smallest absolute Gasteiger partial charge is 0.240 e. The van der Waals surface area contributed by atoms with Crippen LogP contribution in [0.25, 0.3) is 0 Å². The zero-order valence-electron chi connectivity index (χ0n) is 12.7. The van der Waals surface area contributed by atoms with Gasteiger partial charge in [-0.1, -0.05) is 0 Å². The molecule has 0 saturated heterocycles. The molecule has 1 aromatic carbocycles. The topological polar surface area (TPSA) is 84.9 Å². The highest BCUT2D eigenvalue weighted by molar-refractivity contribution is 7.98. The van der Waals surface area contributed by atoms with Crippen molar-refractivity contribution < 1.29 is 23.0 Å². The average molecular weight is 347 g/mol. The molecular weight excluding hydrogens is 326 g/mol. The number of sulfonamides is 1. The maximum Gasteiger partial charge on any atom is 0.240 e. The molecule has 2 N–H and O–H groups in total. The van der Waals surface area contributed by atoms with E-state index < -0.39 is 15.6 Å². The zero-order chi connectivity index (χ0) is 16.2. The predicted octanol–water partition coefficient (Wildman–Crippen LogP) is 1.24. The molecule has 22 heavy (non-hydrogen) atoms. The molecule has 0 fully saturated rings. The van der Waals surface area contributed by atoms with Crippen LogP contribution in [0.2, 0.25) is 0 Å². The maximum atomic E-state index is 12.3. The zero-order valence-corrected chi connectivity index (χ0v) is 14.3. The first-order valence-corrected chi connectivity index (χ1v) is 9.82. The molecule has 0 aromatic heterocycles. The van der Waals surface area contributed by atoms with Crippen LogP contribution in [0.3, 0.4) is 0 Å². The van der Waals surface area contributed by atoms with Crippen molar-refractivity contribution in [1.82, 2.24) is 4.72 Å². The fourth-order valence-electron chi connectivity index (χ4n) is 1.93. The molecule has 1 aromatic rings. The summed E-state index contributed by atoms with van der Waals surface area (Å²) in [5, 5.41) is 10.2. The van der Waals surface area contributed by atoms with Gasteiger partial charge in [-0.25, -0.2) is 13.1 Å². The number of nitrogens with one attached hydrogen (secondary N) is 1. The van der Waals surface area contributed by atoms with Crippen LogP contribution in [0.1, 0.15) is 13.3 Å². The third-order valence-electron chi connectivity index (χ3n) is 3.31. The minimum Gasteiger partial charge on any atom is -0.486 e. The van der Waals surface area contributed by atoms with Gasteiger partial charge >= 0.3 is 0 Å². The largest absolute Gasteiger partial charge is 0.486 e. The number of rotatable bonds is 7. The van der Waals surface area contributed by atoms with E-state index in [9.17, 15) is 13.5 Å². The van der Waals surface area contributed by atoms with E-state index in [1.807, 2.05) is 6.26 Å². The van der Waals surface area contributed by atoms with Gasteiger partial charge in [0, 0.05) is 12.6 Å². The van der Waals surface area contributed by atoms with Crippen LogP contribution in [-0.4, -0.2) is 50.9 Å². The van der Waals surface area contributed by atoms with E-state index in [4.69, 9.17) is 9.47 Å². The van der Waals surface area contributed by atoms with E-state index in [2.05, 4.69) is 4.72 Å². The second kappa shape index (κ2) is 7.08. The fraction of sp³-hybridized carbons (Fsp3) is 0.571. The van der Waals surface area contributed by atoms with E-state index in [1.165, 1.54) is 12.1 Å². The number of fused-ring (bicyclic) bond motifs is 1. The van der Waals surface area contributed by atoms with Crippen molar-refractivity contribution in [3.63, 3.8) is 0 Å². The molecule has 0 spiro atoms. The molecule has 1 unspecified atom stereocenters. The van der Waals surface area contributed by atoms with E-state index in [0.717, 1.165) is 5.75 Å². The Bertz CT molecular complexity index is 616. The van der Waals surface area contributed by atoms with Gasteiger partial charge in [0.1, 0.15) is 13.2 Å². The van der Waals surface area contributed by atoms with Crippen LogP contribution in [0, 0.1) is 0 Å². The van der Waals surface area contributed by atoms with Crippen molar-refractivity contribution in [2.45, 2.75) is 23.8 Å². The number of benzene rings is 1. The van der Waals surface area contributed by atoms with E-state index in [-0.39, 0.29) is 11.4 Å². The van der Waals surface area contributed by atoms with Gasteiger partial charge in [-0.05, 0) is 37.5 Å². The van der Waals surface area contributed by atoms with Crippen molar-refractivity contribution in [1.29, 1.82) is 0 Å². The Morgan fingerprint density at radius 3 is 2.68 bits per heavy atom. The number of thioether (sulfide) groups is 1. The fourth-order valence-corrected chi connectivity index (χ4v) is 3.76. The van der Waals surface area contributed by atoms with E-state index in [1.54, 1.807) is 24.8 Å². The van der Waals surface area contributed by atoms with Crippen LogP contribution >= 0.6 is 11.8 Å². The van der Waals surface area contributed by atoms with Crippen molar-refractivity contribution in [3.8, 4) is 11.5 Å². The Balaban J connectivity index is 2.07. The van der Waals surface area contributed by atoms with Gasteiger partial charge in [0.15, 0.2) is 11.5 Å². The third-order valence-corrected chi connectivity index (χ3v) is 5.32. The summed E-state index contributed by atoms with van der Waals surface area (Å²) < 4.78 is 37.8. The number of ether oxygens (including phenoxy) is 2. The molecule has 1 aliphatic heterocycles. The predicted molar refractivity (Wildman–Crippen MR) is 86.2 cm³/mol. The Hall–Kier alpha value is -0.960. The van der Waals surface area contributed by atoms with Gasteiger partial charge in [-0.3, -0.25) is 0 Å². The molecule has 124 valence electrons. The summed E-state index contributed by atoms with van der Waals surface area (Å²) in [6, 6.07) is 4.48. The summed E-state index contributed by atoms with van der Waals surface area (Å²) in [5.74, 6) is 1.72. The first-order valence-electron chi connectivity index (χ1n) is 6.95. The highest BCUT2D eigenvalue weighted by atomic mass is 32.2. The van der Waals surface area contributed by atoms with Gasteiger partial charge in [-0.15, -0.1) is 0 Å². The van der Waals surface area contributed by atoms with Gasteiger partial charge in [0.05, 0.1) is 10.5 Å². The van der Waals surface area contributed by atoms with Crippen molar-refractivity contribution >= 4 is 21.8 Å². The lowest BCUT2D eigenvalue weighted by molar-refractivity contribution is 0.0626. The molecule has 1 heterocycles. The highest BCUT2D eigenvalue weighted by Crippen LogP contribution is 2.32. The summed E-state index contributed by atoms with van der Waals surface area (Å²) in [4.78, 5) is 0.0948. The van der Waals surface area contributed by atoms with Crippen LogP contribution < -0.4 is 14.2 Å². The molecule has 0 bridgehead atoms. The normalized spacial score (nSPS) is 17.0. The number of hydrogen-bond acceptors (Lipinski definition) is 6. The lowest BCUT2D eigenvalue weighted by Gasteiger charge is -2.23. The first kappa shape index (κ1) is 17.4. The molecule has 0 amide bonds. The van der Waals surface area contributed by atoms with Gasteiger partial charge in [0.2, 0.25) is 10.0 Å². The van der Waals surface area contributed by atoms with Gasteiger partial charge in [0.25, 0.3) is 0 Å². The summed E-state index contributed by atoms with van der Waals surface area (Å²) in [7, 11) is -3.70. The van der Waals surface area contributed by atoms with Crippen molar-refractivity contribution in [3.05, 3.63) is 18.2 Å². The second-order valence-electron chi connectivity index (χ2n) is 5.37. The monoisotopic (exact) mass is 347 g/mol. The van der Waals surface area contributed by atoms with Crippen LogP contribution in [-0.2, 0) is 10.0 Å². The summed E-state index contributed by atoms with van der Waals surface area (Å²) in [5.41, 5.74) is -1.08. The lowest BCUT2D eigenvalue weighted by Crippen LogP contribution is -2.41. The highest BCUT2D eigenvalue weighted by Gasteiger charge is 2.25. The second-order valence-corrected chi connectivity index (χ2v) is 8.12. The quantitative estimate of drug-likeness (QED) is 0.772. The van der Waals surface area contributed by atoms with Gasteiger partial charge in [-0.2, -0.15) is 11.8 Å². The van der Waals surface area contributed by atoms with Crippen molar-refractivity contribution in [2.24, 2.45) is 0 Å². The maximum absolute atomic E-state index is 12.3. The number of hydrogen-bond donors (Lipinski definition) is 2. The molecule has 0 aliphatic carbocycles. The summed E-state index contributed by atoms with van der Waals surface area (Å²) in [6.45, 7) is 2.43. The first-order chi connectivity index (χ1) is 10.3. The molecule has 1 aliphatic rings. The third kappa shape index (κ3) is 4.52. The molecule has 0 radical (unpaired) electrons. The van der Waals surface area contributed by atoms with Crippen LogP contribution in [0.15, 0.2) is 23.1 Å². The Morgan fingerprint density at radius 2 is 2.00 bits per heavy atom. The van der Waals surface area contributed by atoms with Crippen molar-refractivity contribution in [2.75, 3.05) is 31.8 Å². The Kier molecular flexibility index (Phi) is 5.60. The Labute approximate surface area is 135 Å². The molecule has 6 nitrogen and oxygen atoms in total.